The highest BCUT2D eigenvalue weighted by atomic mass is 35.5. The molecule has 3 rings (SSSR count). The topological polar surface area (TPSA) is 51.9 Å². The summed E-state index contributed by atoms with van der Waals surface area (Å²) in [6.45, 7) is 0.385. The van der Waals surface area contributed by atoms with Crippen molar-refractivity contribution in [2.75, 3.05) is 5.32 Å². The Kier molecular flexibility index (Phi) is 4.85. The van der Waals surface area contributed by atoms with Gasteiger partial charge >= 0.3 is 0 Å². The first-order valence-electron chi connectivity index (χ1n) is 7.03. The van der Waals surface area contributed by atoms with Crippen LogP contribution in [0.2, 0.25) is 15.1 Å². The number of carbonyl (C=O) groups excluding carboxylic acids is 1. The second kappa shape index (κ2) is 6.89. The van der Waals surface area contributed by atoms with Gasteiger partial charge in [0.1, 0.15) is 11.5 Å². The number of hydrogen-bond donors (Lipinski definition) is 1. The van der Waals surface area contributed by atoms with Crippen LogP contribution in [0.3, 0.4) is 0 Å². The van der Waals surface area contributed by atoms with E-state index in [0.717, 1.165) is 5.56 Å². The first kappa shape index (κ1) is 16.9. The molecular formula is C16H13Cl3N4O. The summed E-state index contributed by atoms with van der Waals surface area (Å²) in [6, 6.07) is 8.71. The van der Waals surface area contributed by atoms with Gasteiger partial charge in [-0.05, 0) is 17.7 Å². The van der Waals surface area contributed by atoms with Crippen molar-refractivity contribution in [2.24, 2.45) is 7.05 Å². The smallest absolute Gasteiger partial charge is 0.273 e. The van der Waals surface area contributed by atoms with Crippen molar-refractivity contribution in [2.45, 2.75) is 6.54 Å². The molecule has 0 aliphatic carbocycles. The van der Waals surface area contributed by atoms with Crippen molar-refractivity contribution in [1.29, 1.82) is 0 Å². The van der Waals surface area contributed by atoms with Crippen LogP contribution in [0, 0.1) is 0 Å². The van der Waals surface area contributed by atoms with E-state index in [1.54, 1.807) is 46.9 Å². The number of rotatable bonds is 4. The largest absolute Gasteiger partial charge is 0.345 e. The highest BCUT2D eigenvalue weighted by molar-refractivity contribution is 6.42. The van der Waals surface area contributed by atoms with E-state index in [9.17, 15) is 4.79 Å². The molecule has 0 atom stereocenters. The van der Waals surface area contributed by atoms with Gasteiger partial charge in [-0.2, -0.15) is 5.10 Å². The van der Waals surface area contributed by atoms with Crippen LogP contribution in [0.1, 0.15) is 16.1 Å². The number of amides is 1. The van der Waals surface area contributed by atoms with Crippen LogP contribution in [0.25, 0.3) is 0 Å². The van der Waals surface area contributed by atoms with Crippen LogP contribution in [0.5, 0.6) is 0 Å². The Balaban J connectivity index is 1.82. The molecule has 0 spiro atoms. The third-order valence-electron chi connectivity index (χ3n) is 3.51. The fourth-order valence-corrected chi connectivity index (χ4v) is 2.96. The van der Waals surface area contributed by atoms with E-state index >= 15 is 0 Å². The Morgan fingerprint density at radius 1 is 1.25 bits per heavy atom. The molecule has 0 saturated heterocycles. The molecule has 0 unspecified atom stereocenters. The lowest BCUT2D eigenvalue weighted by atomic mass is 10.2. The molecule has 3 aromatic rings. The van der Waals surface area contributed by atoms with E-state index in [-0.39, 0.29) is 5.91 Å². The summed E-state index contributed by atoms with van der Waals surface area (Å²) in [6.07, 6.45) is 3.27. The zero-order chi connectivity index (χ0) is 17.3. The second-order valence-corrected chi connectivity index (χ2v) is 6.42. The molecule has 0 aliphatic rings. The molecule has 1 amide bonds. The zero-order valence-electron chi connectivity index (χ0n) is 12.6. The summed E-state index contributed by atoms with van der Waals surface area (Å²) in [5, 5.41) is 8.50. The van der Waals surface area contributed by atoms with Gasteiger partial charge < -0.3 is 9.88 Å². The zero-order valence-corrected chi connectivity index (χ0v) is 14.9. The molecule has 0 fully saturated rings. The van der Waals surface area contributed by atoms with Crippen molar-refractivity contribution >= 4 is 46.5 Å². The number of nitrogens with zero attached hydrogens (tertiary/aromatic N) is 3. The fraction of sp³-hybridized carbons (Fsp3) is 0.125. The van der Waals surface area contributed by atoms with Crippen LogP contribution in [0.4, 0.5) is 5.82 Å². The first-order chi connectivity index (χ1) is 11.5. The molecule has 8 heteroatoms. The normalized spacial score (nSPS) is 10.8. The molecule has 0 radical (unpaired) electrons. The third kappa shape index (κ3) is 3.43. The number of hydrogen-bond acceptors (Lipinski definition) is 2. The Bertz CT molecular complexity index is 901. The lowest BCUT2D eigenvalue weighted by molar-refractivity contribution is 0.101. The van der Waals surface area contributed by atoms with E-state index in [4.69, 9.17) is 34.8 Å². The van der Waals surface area contributed by atoms with Crippen molar-refractivity contribution < 1.29 is 4.79 Å². The van der Waals surface area contributed by atoms with Gasteiger partial charge in [0.05, 0.1) is 27.8 Å². The highest BCUT2D eigenvalue weighted by Gasteiger charge is 2.14. The molecule has 24 heavy (non-hydrogen) atoms. The Hall–Kier alpha value is -1.95. The summed E-state index contributed by atoms with van der Waals surface area (Å²) < 4.78 is 3.30. The quantitative estimate of drug-likeness (QED) is 0.722. The van der Waals surface area contributed by atoms with Gasteiger partial charge in [0.25, 0.3) is 5.91 Å². The van der Waals surface area contributed by atoms with Crippen molar-refractivity contribution in [3.63, 3.8) is 0 Å². The predicted molar refractivity (Wildman–Crippen MR) is 96.2 cm³/mol. The van der Waals surface area contributed by atoms with Gasteiger partial charge in [0.2, 0.25) is 0 Å². The molecule has 2 aromatic heterocycles. The average molecular weight is 384 g/mol. The number of benzene rings is 1. The molecular weight excluding hydrogens is 371 g/mol. The maximum Gasteiger partial charge on any atom is 0.273 e. The van der Waals surface area contributed by atoms with Gasteiger partial charge in [-0.1, -0.05) is 46.9 Å². The lowest BCUT2D eigenvalue weighted by Gasteiger charge is -2.11. The van der Waals surface area contributed by atoms with Gasteiger partial charge in [0.15, 0.2) is 0 Å². The van der Waals surface area contributed by atoms with Crippen LogP contribution >= 0.6 is 34.8 Å². The number of anilines is 1. The van der Waals surface area contributed by atoms with Gasteiger partial charge in [0, 0.05) is 19.3 Å². The summed E-state index contributed by atoms with van der Waals surface area (Å²) >= 11 is 18.2. The molecule has 5 nitrogen and oxygen atoms in total. The van der Waals surface area contributed by atoms with Crippen LogP contribution in [-0.2, 0) is 13.6 Å². The minimum absolute atomic E-state index is 0.275. The molecule has 0 saturated carbocycles. The van der Waals surface area contributed by atoms with Crippen LogP contribution < -0.4 is 5.32 Å². The average Bonchev–Trinajstić information content (AvgIpc) is 3.10. The van der Waals surface area contributed by atoms with E-state index in [1.807, 2.05) is 12.1 Å². The monoisotopic (exact) mass is 382 g/mol. The van der Waals surface area contributed by atoms with Gasteiger partial charge in [-0.25, -0.2) is 4.68 Å². The molecule has 1 aromatic carbocycles. The number of carbonyl (C=O) groups is 1. The van der Waals surface area contributed by atoms with Crippen molar-refractivity contribution in [3.8, 4) is 0 Å². The number of aryl methyl sites for hydroxylation is 1. The van der Waals surface area contributed by atoms with Gasteiger partial charge in [-0.15, -0.1) is 0 Å². The van der Waals surface area contributed by atoms with Crippen molar-refractivity contribution in [3.05, 3.63) is 69.1 Å². The molecule has 124 valence electrons. The van der Waals surface area contributed by atoms with Crippen molar-refractivity contribution in [1.82, 2.24) is 14.3 Å². The number of halogens is 3. The Morgan fingerprint density at radius 2 is 2.04 bits per heavy atom. The maximum atomic E-state index is 12.4. The number of nitrogens with one attached hydrogen (secondary N) is 1. The molecule has 0 aliphatic heterocycles. The Labute approximate surface area is 153 Å². The molecule has 2 heterocycles. The fourth-order valence-electron chi connectivity index (χ4n) is 2.33. The van der Waals surface area contributed by atoms with E-state index in [1.165, 1.54) is 0 Å². The Morgan fingerprint density at radius 3 is 2.75 bits per heavy atom. The first-order valence-corrected chi connectivity index (χ1v) is 8.17. The lowest BCUT2D eigenvalue weighted by Crippen LogP contribution is -2.18. The summed E-state index contributed by atoms with van der Waals surface area (Å²) in [4.78, 5) is 12.4. The number of aromatic nitrogens is 3. The predicted octanol–water partition coefficient (Wildman–Crippen LogP) is 4.48. The minimum atomic E-state index is -0.275. The maximum absolute atomic E-state index is 12.4. The molecule has 1 N–H and O–H groups in total. The van der Waals surface area contributed by atoms with E-state index < -0.39 is 0 Å². The summed E-state index contributed by atoms with van der Waals surface area (Å²) in [7, 11) is 1.75. The molecule has 0 bridgehead atoms. The second-order valence-electron chi connectivity index (χ2n) is 5.20. The standard InChI is InChI=1S/C16H13Cl3N4O/c1-22-9-11(17)7-13(22)16(24)21-14-5-6-20-23(14)8-10-3-2-4-12(18)15(10)19/h2-7,9H,8H2,1H3,(H,21,24). The highest BCUT2D eigenvalue weighted by Crippen LogP contribution is 2.26. The van der Waals surface area contributed by atoms with Gasteiger partial charge in [-0.3, -0.25) is 4.79 Å². The minimum Gasteiger partial charge on any atom is -0.345 e. The summed E-state index contributed by atoms with van der Waals surface area (Å²) in [5.74, 6) is 0.275. The van der Waals surface area contributed by atoms with E-state index in [0.29, 0.717) is 33.1 Å². The van der Waals surface area contributed by atoms with Crippen LogP contribution in [0.15, 0.2) is 42.7 Å². The summed E-state index contributed by atoms with van der Waals surface area (Å²) in [5.41, 5.74) is 1.26. The third-order valence-corrected chi connectivity index (χ3v) is 4.58. The van der Waals surface area contributed by atoms with E-state index in [2.05, 4.69) is 10.4 Å². The van der Waals surface area contributed by atoms with Crippen LogP contribution in [-0.4, -0.2) is 20.3 Å². The SMILES string of the molecule is Cn1cc(Cl)cc1C(=O)Nc1ccnn1Cc1cccc(Cl)c1Cl.